The number of sulfonamides is 1. The monoisotopic (exact) mass is 334 g/mol. The normalized spacial score (nSPS) is 11.3. The average Bonchev–Trinajstić information content (AvgIpc) is 2.31. The Morgan fingerprint density at radius 1 is 1.22 bits per heavy atom. The first-order valence-electron chi connectivity index (χ1n) is 5.31. The van der Waals surface area contributed by atoms with Gasteiger partial charge in [-0.1, -0.05) is 29.8 Å². The van der Waals surface area contributed by atoms with Crippen molar-refractivity contribution >= 4 is 43.2 Å². The lowest BCUT2D eigenvalue weighted by Gasteiger charge is -2.09. The molecule has 0 fully saturated rings. The maximum Gasteiger partial charge on any atom is 0.242 e. The summed E-state index contributed by atoms with van der Waals surface area (Å²) in [5.41, 5.74) is 1.09. The third-order valence-electron chi connectivity index (χ3n) is 2.09. The van der Waals surface area contributed by atoms with Crippen molar-refractivity contribution in [3.63, 3.8) is 0 Å². The number of halogens is 1. The van der Waals surface area contributed by atoms with E-state index in [1.807, 2.05) is 0 Å². The first kappa shape index (κ1) is 15.0. The van der Waals surface area contributed by atoms with Crippen LogP contribution < -0.4 is 10.0 Å². The van der Waals surface area contributed by atoms with E-state index in [-0.39, 0.29) is 16.5 Å². The van der Waals surface area contributed by atoms with Gasteiger partial charge >= 0.3 is 0 Å². The average molecular weight is 335 g/mol. The molecule has 0 saturated carbocycles. The summed E-state index contributed by atoms with van der Waals surface area (Å²) in [6.45, 7) is 3.60. The number of amides is 1. The Morgan fingerprint density at radius 2 is 1.72 bits per heavy atom. The second-order valence-electron chi connectivity index (χ2n) is 4.05. The van der Waals surface area contributed by atoms with Gasteiger partial charge in [-0.2, -0.15) is 0 Å². The highest BCUT2D eigenvalue weighted by Gasteiger charge is 2.09. The Labute approximate surface area is 115 Å². The number of carbonyl (C=O) groups excluding carboxylic acids is 1. The van der Waals surface area contributed by atoms with Crippen LogP contribution in [0.5, 0.6) is 0 Å². The van der Waals surface area contributed by atoms with E-state index < -0.39 is 10.0 Å². The fraction of sp³-hybridized carbons (Fsp3) is 0.364. The van der Waals surface area contributed by atoms with Gasteiger partial charge in [-0.25, -0.2) is 8.42 Å². The summed E-state index contributed by atoms with van der Waals surface area (Å²) in [6.07, 6.45) is 0. The molecule has 1 rings (SSSR count). The van der Waals surface area contributed by atoms with Gasteiger partial charge in [0.05, 0.1) is 0 Å². The van der Waals surface area contributed by atoms with Crippen molar-refractivity contribution in [3.8, 4) is 0 Å². The topological polar surface area (TPSA) is 75.3 Å². The van der Waals surface area contributed by atoms with Gasteiger partial charge in [-0.3, -0.25) is 9.52 Å². The highest BCUT2D eigenvalue weighted by Crippen LogP contribution is 2.16. The third kappa shape index (κ3) is 4.66. The van der Waals surface area contributed by atoms with Gasteiger partial charge in [0.25, 0.3) is 0 Å². The van der Waals surface area contributed by atoms with Crippen LogP contribution in [0.15, 0.2) is 24.3 Å². The van der Waals surface area contributed by atoms with Gasteiger partial charge in [0.2, 0.25) is 15.9 Å². The van der Waals surface area contributed by atoms with Crippen LogP contribution in [0.1, 0.15) is 13.8 Å². The molecule has 1 amide bonds. The van der Waals surface area contributed by atoms with E-state index >= 15 is 0 Å². The molecule has 18 heavy (non-hydrogen) atoms. The number of hydrogen-bond acceptors (Lipinski definition) is 3. The van der Waals surface area contributed by atoms with E-state index in [2.05, 4.69) is 26.0 Å². The van der Waals surface area contributed by atoms with Crippen LogP contribution in [-0.4, -0.2) is 19.0 Å². The first-order valence-corrected chi connectivity index (χ1v) is 8.09. The van der Waals surface area contributed by atoms with Gasteiger partial charge < -0.3 is 5.32 Å². The summed E-state index contributed by atoms with van der Waals surface area (Å²) < 4.78 is 24.8. The summed E-state index contributed by atoms with van der Waals surface area (Å²) in [5, 5.41) is 2.72. The number of benzene rings is 1. The molecule has 0 unspecified atom stereocenters. The molecule has 0 aliphatic heterocycles. The van der Waals surface area contributed by atoms with Gasteiger partial charge in [0.15, 0.2) is 0 Å². The maximum absolute atomic E-state index is 11.4. The van der Waals surface area contributed by atoms with Crippen molar-refractivity contribution in [1.82, 2.24) is 0 Å². The fourth-order valence-electron chi connectivity index (χ4n) is 1.12. The second kappa shape index (κ2) is 6.19. The number of hydrogen-bond donors (Lipinski definition) is 2. The molecule has 0 saturated heterocycles. The van der Waals surface area contributed by atoms with Crippen LogP contribution >= 0.6 is 15.9 Å². The Morgan fingerprint density at radius 3 is 2.17 bits per heavy atom. The molecule has 0 heterocycles. The molecule has 0 spiro atoms. The highest BCUT2D eigenvalue weighted by atomic mass is 79.9. The Kier molecular flexibility index (Phi) is 5.15. The van der Waals surface area contributed by atoms with Crippen LogP contribution in [0, 0.1) is 5.92 Å². The van der Waals surface area contributed by atoms with Crippen molar-refractivity contribution in [2.75, 3.05) is 14.7 Å². The zero-order valence-electron chi connectivity index (χ0n) is 10.1. The van der Waals surface area contributed by atoms with Crippen molar-refractivity contribution < 1.29 is 13.2 Å². The van der Waals surface area contributed by atoms with Crippen LogP contribution in [0.25, 0.3) is 0 Å². The predicted octanol–water partition coefficient (Wildman–Crippen LogP) is 2.38. The van der Waals surface area contributed by atoms with Crippen LogP contribution in [0.3, 0.4) is 0 Å². The predicted molar refractivity (Wildman–Crippen MR) is 76.2 cm³/mol. The molecule has 0 atom stereocenters. The second-order valence-corrected chi connectivity index (χ2v) is 7.07. The van der Waals surface area contributed by atoms with Crippen LogP contribution in [-0.2, 0) is 14.8 Å². The number of anilines is 2. The minimum atomic E-state index is -3.34. The van der Waals surface area contributed by atoms with E-state index in [9.17, 15) is 13.2 Å². The molecule has 0 radical (unpaired) electrons. The number of rotatable bonds is 5. The fourth-order valence-corrected chi connectivity index (χ4v) is 2.01. The quantitative estimate of drug-likeness (QED) is 0.811. The number of alkyl halides is 1. The molecule has 0 aliphatic rings. The third-order valence-corrected chi connectivity index (χ3v) is 4.74. The van der Waals surface area contributed by atoms with Crippen molar-refractivity contribution in [3.05, 3.63) is 24.3 Å². The highest BCUT2D eigenvalue weighted by molar-refractivity contribution is 9.10. The summed E-state index contributed by atoms with van der Waals surface area (Å²) in [7, 11) is -3.34. The molecule has 100 valence electrons. The largest absolute Gasteiger partial charge is 0.326 e. The molecule has 0 aliphatic carbocycles. The molecule has 5 nitrogen and oxygen atoms in total. The molecule has 7 heteroatoms. The van der Waals surface area contributed by atoms with E-state index in [1.54, 1.807) is 38.1 Å². The van der Waals surface area contributed by atoms with E-state index in [1.165, 1.54) is 0 Å². The molecular formula is C11H15BrN2O3S. The SMILES string of the molecule is CC(C)C(=O)Nc1ccc(NS(=O)(=O)CBr)cc1. The van der Waals surface area contributed by atoms with Crippen molar-refractivity contribution in [1.29, 1.82) is 0 Å². The molecule has 1 aromatic rings. The summed E-state index contributed by atoms with van der Waals surface area (Å²) in [5.74, 6) is -0.180. The standard InChI is InChI=1S/C11H15BrN2O3S/c1-8(2)11(15)13-9-3-5-10(6-4-9)14-18(16,17)7-12/h3-6,8,14H,7H2,1-2H3,(H,13,15). The van der Waals surface area contributed by atoms with E-state index in [4.69, 9.17) is 0 Å². The Hall–Kier alpha value is -1.08. The smallest absolute Gasteiger partial charge is 0.242 e. The summed E-state index contributed by atoms with van der Waals surface area (Å²) in [4.78, 5) is 11.4. The first-order chi connectivity index (χ1) is 8.34. The minimum Gasteiger partial charge on any atom is -0.326 e. The maximum atomic E-state index is 11.4. The lowest BCUT2D eigenvalue weighted by Crippen LogP contribution is -2.17. The van der Waals surface area contributed by atoms with Crippen molar-refractivity contribution in [2.24, 2.45) is 5.92 Å². The lowest BCUT2D eigenvalue weighted by atomic mass is 10.2. The molecule has 0 bridgehead atoms. The molecule has 1 aromatic carbocycles. The molecule has 0 aromatic heterocycles. The van der Waals surface area contributed by atoms with Crippen LogP contribution in [0.4, 0.5) is 11.4 Å². The van der Waals surface area contributed by atoms with Gasteiger partial charge in [-0.15, -0.1) is 0 Å². The summed E-state index contributed by atoms with van der Waals surface area (Å²) in [6, 6.07) is 6.48. The zero-order chi connectivity index (χ0) is 13.8. The van der Waals surface area contributed by atoms with Crippen LogP contribution in [0.2, 0.25) is 0 Å². The lowest BCUT2D eigenvalue weighted by molar-refractivity contribution is -0.118. The summed E-state index contributed by atoms with van der Waals surface area (Å²) >= 11 is 2.88. The number of nitrogens with one attached hydrogen (secondary N) is 2. The Balaban J connectivity index is 2.72. The minimum absolute atomic E-state index is 0.0798. The van der Waals surface area contributed by atoms with E-state index in [0.717, 1.165) is 0 Å². The molecule has 2 N–H and O–H groups in total. The zero-order valence-corrected chi connectivity index (χ0v) is 12.5. The van der Waals surface area contributed by atoms with E-state index in [0.29, 0.717) is 11.4 Å². The Bertz CT molecular complexity index is 512. The van der Waals surface area contributed by atoms with Crippen molar-refractivity contribution in [2.45, 2.75) is 13.8 Å². The van der Waals surface area contributed by atoms with Gasteiger partial charge in [-0.05, 0) is 24.3 Å². The van der Waals surface area contributed by atoms with Gasteiger partial charge in [0, 0.05) is 17.3 Å². The van der Waals surface area contributed by atoms with Gasteiger partial charge in [0.1, 0.15) is 4.66 Å². The number of carbonyl (C=O) groups is 1. The molecular weight excluding hydrogens is 320 g/mol.